The van der Waals surface area contributed by atoms with E-state index in [0.29, 0.717) is 6.54 Å². The molecule has 1 N–H and O–H groups in total. The smallest absolute Gasteiger partial charge is 0.234 e. The highest BCUT2D eigenvalue weighted by molar-refractivity contribution is 5.78. The molecule has 0 saturated carbocycles. The minimum atomic E-state index is 0.109. The molecule has 3 aromatic carbocycles. The van der Waals surface area contributed by atoms with E-state index in [1.54, 1.807) is 7.11 Å². The van der Waals surface area contributed by atoms with Crippen LogP contribution in [0.2, 0.25) is 0 Å². The van der Waals surface area contributed by atoms with E-state index in [-0.39, 0.29) is 5.91 Å². The van der Waals surface area contributed by atoms with Crippen molar-refractivity contribution in [3.05, 3.63) is 89.5 Å². The Morgan fingerprint density at radius 2 is 1.58 bits per heavy atom. The number of carbonyl (C=O) groups is 1. The minimum absolute atomic E-state index is 0.109. The number of carbonyl (C=O) groups excluding carboxylic acids is 1. The maximum absolute atomic E-state index is 11.7. The summed E-state index contributed by atoms with van der Waals surface area (Å²) in [5.41, 5.74) is 6.24. The van der Waals surface area contributed by atoms with Crippen molar-refractivity contribution >= 4 is 17.3 Å². The first-order valence-corrected chi connectivity index (χ1v) is 13.0. The summed E-state index contributed by atoms with van der Waals surface area (Å²) in [5, 5.41) is 2.90. The molecule has 1 amide bonds. The monoisotopic (exact) mass is 484 g/mol. The van der Waals surface area contributed by atoms with Crippen molar-refractivity contribution in [2.75, 3.05) is 49.6 Å². The average Bonchev–Trinajstić information content (AvgIpc) is 3.45. The molecule has 0 radical (unpaired) electrons. The molecule has 0 bridgehead atoms. The Morgan fingerprint density at radius 3 is 2.31 bits per heavy atom. The van der Waals surface area contributed by atoms with E-state index >= 15 is 0 Å². The van der Waals surface area contributed by atoms with Gasteiger partial charge in [-0.3, -0.25) is 9.69 Å². The van der Waals surface area contributed by atoms with Crippen LogP contribution in [0, 0.1) is 0 Å². The molecule has 0 aliphatic carbocycles. The van der Waals surface area contributed by atoms with Crippen molar-refractivity contribution in [2.24, 2.45) is 0 Å². The molecule has 188 valence electrons. The Balaban J connectivity index is 1.33. The normalized spacial score (nSPS) is 16.1. The van der Waals surface area contributed by atoms with Gasteiger partial charge in [-0.1, -0.05) is 36.4 Å². The third-order valence-electron chi connectivity index (χ3n) is 7.11. The molecular weight excluding hydrogens is 448 g/mol. The van der Waals surface area contributed by atoms with Crippen molar-refractivity contribution in [3.8, 4) is 5.75 Å². The summed E-state index contributed by atoms with van der Waals surface area (Å²) in [5.74, 6) is 0.987. The lowest BCUT2D eigenvalue weighted by Gasteiger charge is -2.28. The number of amides is 1. The van der Waals surface area contributed by atoms with Gasteiger partial charge in [-0.15, -0.1) is 0 Å². The second-order valence-corrected chi connectivity index (χ2v) is 9.80. The van der Waals surface area contributed by atoms with Gasteiger partial charge in [0, 0.05) is 57.2 Å². The number of nitrogens with zero attached hydrogens (tertiary/aromatic N) is 3. The van der Waals surface area contributed by atoms with Crippen LogP contribution in [0.5, 0.6) is 5.75 Å². The molecular formula is C30H36N4O2. The van der Waals surface area contributed by atoms with Crippen LogP contribution in [0.15, 0.2) is 72.8 Å². The number of benzene rings is 3. The van der Waals surface area contributed by atoms with Crippen molar-refractivity contribution in [3.63, 3.8) is 0 Å². The number of hydrogen-bond acceptors (Lipinski definition) is 5. The van der Waals surface area contributed by atoms with Gasteiger partial charge in [0.05, 0.1) is 13.7 Å². The molecule has 6 nitrogen and oxygen atoms in total. The van der Waals surface area contributed by atoms with Gasteiger partial charge in [-0.25, -0.2) is 0 Å². The second-order valence-electron chi connectivity index (χ2n) is 9.80. The van der Waals surface area contributed by atoms with Crippen LogP contribution < -0.4 is 19.9 Å². The first-order chi connectivity index (χ1) is 17.7. The Bertz CT molecular complexity index is 1140. The third kappa shape index (κ3) is 6.18. The Labute approximate surface area is 214 Å². The van der Waals surface area contributed by atoms with Gasteiger partial charge >= 0.3 is 0 Å². The van der Waals surface area contributed by atoms with Crippen molar-refractivity contribution in [1.82, 2.24) is 10.2 Å². The number of rotatable bonds is 9. The number of anilines is 2. The fourth-order valence-electron chi connectivity index (χ4n) is 5.13. The quantitative estimate of drug-likeness (QED) is 0.487. The summed E-state index contributed by atoms with van der Waals surface area (Å²) in [6.07, 6.45) is 2.58. The van der Waals surface area contributed by atoms with E-state index < -0.39 is 0 Å². The fraction of sp³-hybridized carbons (Fsp3) is 0.367. The Kier molecular flexibility index (Phi) is 7.72. The summed E-state index contributed by atoms with van der Waals surface area (Å²) in [6.45, 7) is 6.81. The number of piperazine rings is 1. The van der Waals surface area contributed by atoms with Crippen LogP contribution in [0.3, 0.4) is 0 Å². The molecule has 0 spiro atoms. The zero-order valence-electron chi connectivity index (χ0n) is 21.2. The van der Waals surface area contributed by atoms with Crippen molar-refractivity contribution < 1.29 is 9.53 Å². The van der Waals surface area contributed by atoms with Gasteiger partial charge in [-0.2, -0.15) is 0 Å². The van der Waals surface area contributed by atoms with Crippen LogP contribution >= 0.6 is 0 Å². The second kappa shape index (κ2) is 11.5. The molecule has 2 fully saturated rings. The summed E-state index contributed by atoms with van der Waals surface area (Å²) < 4.78 is 5.46. The molecule has 0 atom stereocenters. The topological polar surface area (TPSA) is 48.1 Å². The maximum atomic E-state index is 11.7. The minimum Gasteiger partial charge on any atom is -0.497 e. The number of methoxy groups -OCH3 is 1. The first-order valence-electron chi connectivity index (χ1n) is 13.0. The summed E-state index contributed by atoms with van der Waals surface area (Å²) in [6, 6.07) is 26.2. The lowest BCUT2D eigenvalue weighted by atomic mass is 10.1. The van der Waals surface area contributed by atoms with Gasteiger partial charge in [0.2, 0.25) is 5.91 Å². The average molecular weight is 485 g/mol. The zero-order chi connectivity index (χ0) is 24.7. The standard InChI is InChI=1S/C30H36N4O2/c1-36-29-6-4-5-26(19-29)22-34(21-25-9-11-27(12-10-25)33-16-2-3-17-33)28-13-7-24(8-14-28)20-32-18-15-31-30(35)23-32/h4-14,19H,2-3,15-18,20-23H2,1H3,(H,31,35). The molecule has 6 heteroatoms. The van der Waals surface area contributed by atoms with E-state index in [1.165, 1.54) is 40.9 Å². The first kappa shape index (κ1) is 24.2. The van der Waals surface area contributed by atoms with E-state index in [9.17, 15) is 4.79 Å². The third-order valence-corrected chi connectivity index (χ3v) is 7.11. The highest BCUT2D eigenvalue weighted by Gasteiger charge is 2.17. The molecule has 0 aromatic heterocycles. The highest BCUT2D eigenvalue weighted by Crippen LogP contribution is 2.25. The maximum Gasteiger partial charge on any atom is 0.234 e. The van der Waals surface area contributed by atoms with Crippen LogP contribution in [0.4, 0.5) is 11.4 Å². The van der Waals surface area contributed by atoms with Gasteiger partial charge in [0.1, 0.15) is 5.75 Å². The fourth-order valence-corrected chi connectivity index (χ4v) is 5.13. The van der Waals surface area contributed by atoms with Gasteiger partial charge in [0.15, 0.2) is 0 Å². The van der Waals surface area contributed by atoms with Crippen LogP contribution in [-0.4, -0.2) is 50.6 Å². The Morgan fingerprint density at radius 1 is 0.861 bits per heavy atom. The van der Waals surface area contributed by atoms with Gasteiger partial charge < -0.3 is 19.9 Å². The van der Waals surface area contributed by atoms with Crippen LogP contribution in [0.25, 0.3) is 0 Å². The number of nitrogens with one attached hydrogen (secondary N) is 1. The van der Waals surface area contributed by atoms with Crippen molar-refractivity contribution in [2.45, 2.75) is 32.5 Å². The van der Waals surface area contributed by atoms with Crippen LogP contribution in [0.1, 0.15) is 29.5 Å². The number of hydrogen-bond donors (Lipinski definition) is 1. The van der Waals surface area contributed by atoms with Crippen LogP contribution in [-0.2, 0) is 24.4 Å². The van der Waals surface area contributed by atoms with E-state index in [2.05, 4.69) is 86.7 Å². The lowest BCUT2D eigenvalue weighted by Crippen LogP contribution is -2.47. The lowest BCUT2D eigenvalue weighted by molar-refractivity contribution is -0.124. The van der Waals surface area contributed by atoms with Crippen molar-refractivity contribution in [1.29, 1.82) is 0 Å². The summed E-state index contributed by atoms with van der Waals surface area (Å²) >= 11 is 0. The SMILES string of the molecule is COc1cccc(CN(Cc2ccc(N3CCCC3)cc2)c2ccc(CN3CCNC(=O)C3)cc2)c1. The summed E-state index contributed by atoms with van der Waals surface area (Å²) in [4.78, 5) is 18.8. The van der Waals surface area contributed by atoms with E-state index in [0.717, 1.165) is 51.6 Å². The molecule has 5 rings (SSSR count). The molecule has 3 aromatic rings. The van der Waals surface area contributed by atoms with Gasteiger partial charge in [0.25, 0.3) is 0 Å². The predicted molar refractivity (Wildman–Crippen MR) is 145 cm³/mol. The molecule has 0 unspecified atom stereocenters. The summed E-state index contributed by atoms with van der Waals surface area (Å²) in [7, 11) is 1.71. The zero-order valence-corrected chi connectivity index (χ0v) is 21.2. The molecule has 2 saturated heterocycles. The molecule has 2 heterocycles. The van der Waals surface area contributed by atoms with E-state index in [1.807, 2.05) is 6.07 Å². The highest BCUT2D eigenvalue weighted by atomic mass is 16.5. The Hall–Kier alpha value is -3.51. The largest absolute Gasteiger partial charge is 0.497 e. The number of ether oxygens (including phenoxy) is 1. The van der Waals surface area contributed by atoms with Gasteiger partial charge in [-0.05, 0) is 65.9 Å². The molecule has 2 aliphatic rings. The predicted octanol–water partition coefficient (Wildman–Crippen LogP) is 4.43. The molecule has 2 aliphatic heterocycles. The molecule has 36 heavy (non-hydrogen) atoms. The van der Waals surface area contributed by atoms with E-state index in [4.69, 9.17) is 4.74 Å².